The summed E-state index contributed by atoms with van der Waals surface area (Å²) in [5.74, 6) is 0.266. The molecule has 1 atom stereocenters. The van der Waals surface area contributed by atoms with Crippen molar-refractivity contribution in [2.75, 3.05) is 4.90 Å². The lowest BCUT2D eigenvalue weighted by molar-refractivity contribution is 0.367. The molecule has 2 N–H and O–H groups in total. The monoisotopic (exact) mass is 250 g/mol. The van der Waals surface area contributed by atoms with Gasteiger partial charge in [-0.1, -0.05) is 6.07 Å². The van der Waals surface area contributed by atoms with Crippen molar-refractivity contribution in [2.24, 2.45) is 0 Å². The number of phenolic OH excluding ortho intramolecular Hbond substituents is 1. The molecule has 0 bridgehead atoms. The van der Waals surface area contributed by atoms with Gasteiger partial charge < -0.3 is 15.3 Å². The Balaban J connectivity index is 2.30. The van der Waals surface area contributed by atoms with Crippen LogP contribution in [0.25, 0.3) is 0 Å². The molecule has 3 nitrogen and oxygen atoms in total. The van der Waals surface area contributed by atoms with Crippen molar-refractivity contribution in [1.82, 2.24) is 5.32 Å². The number of rotatable bonds is 1. The number of nitrogens with one attached hydrogen (secondary N) is 1. The lowest BCUT2D eigenvalue weighted by atomic mass is 9.93. The Kier molecular flexibility index (Phi) is 3.00. The average Bonchev–Trinajstić information content (AvgIpc) is 2.13. The van der Waals surface area contributed by atoms with Crippen molar-refractivity contribution in [2.45, 2.75) is 38.8 Å². The fraction of sp³-hybridized carbons (Fsp3) is 0.462. The molecule has 17 heavy (non-hydrogen) atoms. The standard InChI is InChI=1S/C13H18N2OS/c1-9-8-13(2,3)14-12(17)15(9)10-5-4-6-11(16)7-10/h4-7,9,16H,8H2,1-3H3,(H,14,17)/t9-/m0/s1. The predicted octanol–water partition coefficient (Wildman–Crippen LogP) is 2.64. The second-order valence-corrected chi connectivity index (χ2v) is 5.64. The molecule has 0 spiro atoms. The van der Waals surface area contributed by atoms with Crippen LogP contribution in [0, 0.1) is 0 Å². The van der Waals surface area contributed by atoms with E-state index in [9.17, 15) is 5.11 Å². The van der Waals surface area contributed by atoms with E-state index in [0.29, 0.717) is 6.04 Å². The maximum Gasteiger partial charge on any atom is 0.174 e. The summed E-state index contributed by atoms with van der Waals surface area (Å²) in [6.07, 6.45) is 1.00. The molecule has 0 unspecified atom stereocenters. The Morgan fingerprint density at radius 3 is 2.76 bits per heavy atom. The van der Waals surface area contributed by atoms with E-state index in [4.69, 9.17) is 12.2 Å². The molecule has 2 rings (SSSR count). The van der Waals surface area contributed by atoms with Crippen LogP contribution in [0.3, 0.4) is 0 Å². The van der Waals surface area contributed by atoms with Crippen LogP contribution in [-0.4, -0.2) is 21.8 Å². The highest BCUT2D eigenvalue weighted by atomic mass is 32.1. The van der Waals surface area contributed by atoms with Crippen LogP contribution in [0.1, 0.15) is 27.2 Å². The molecule has 1 aromatic rings. The molecule has 0 saturated carbocycles. The molecule has 1 aliphatic heterocycles. The first-order chi connectivity index (χ1) is 7.89. The van der Waals surface area contributed by atoms with Gasteiger partial charge in [-0.05, 0) is 51.5 Å². The van der Waals surface area contributed by atoms with Crippen LogP contribution >= 0.6 is 12.2 Å². The van der Waals surface area contributed by atoms with Gasteiger partial charge in [0, 0.05) is 23.3 Å². The van der Waals surface area contributed by atoms with Crippen LogP contribution in [0.2, 0.25) is 0 Å². The van der Waals surface area contributed by atoms with Gasteiger partial charge in [0.25, 0.3) is 0 Å². The molecule has 0 aliphatic carbocycles. The maximum absolute atomic E-state index is 9.53. The Morgan fingerprint density at radius 2 is 2.18 bits per heavy atom. The molecule has 0 radical (unpaired) electrons. The van der Waals surface area contributed by atoms with Gasteiger partial charge in [-0.3, -0.25) is 0 Å². The zero-order valence-corrected chi connectivity index (χ0v) is 11.2. The van der Waals surface area contributed by atoms with Gasteiger partial charge in [0.15, 0.2) is 5.11 Å². The van der Waals surface area contributed by atoms with Gasteiger partial charge >= 0.3 is 0 Å². The SMILES string of the molecule is C[C@H]1CC(C)(C)NC(=S)N1c1cccc(O)c1. The highest BCUT2D eigenvalue weighted by molar-refractivity contribution is 7.80. The number of benzene rings is 1. The number of hydrogen-bond donors (Lipinski definition) is 2. The number of aromatic hydroxyl groups is 1. The summed E-state index contributed by atoms with van der Waals surface area (Å²) >= 11 is 5.41. The van der Waals surface area contributed by atoms with Crippen LogP contribution in [0.15, 0.2) is 24.3 Å². The summed E-state index contributed by atoms with van der Waals surface area (Å²) in [7, 11) is 0. The van der Waals surface area contributed by atoms with Gasteiger partial charge in [0.1, 0.15) is 5.75 Å². The summed E-state index contributed by atoms with van der Waals surface area (Å²) in [5, 5.41) is 13.6. The quantitative estimate of drug-likeness (QED) is 0.751. The number of nitrogens with zero attached hydrogens (tertiary/aromatic N) is 1. The third kappa shape index (κ3) is 2.52. The molecule has 92 valence electrons. The first-order valence-corrected chi connectivity index (χ1v) is 6.20. The summed E-state index contributed by atoms with van der Waals surface area (Å²) in [6.45, 7) is 6.45. The maximum atomic E-state index is 9.53. The second kappa shape index (κ2) is 4.18. The highest BCUT2D eigenvalue weighted by Gasteiger charge is 2.33. The van der Waals surface area contributed by atoms with Gasteiger partial charge in [-0.15, -0.1) is 0 Å². The molecule has 0 aromatic heterocycles. The minimum atomic E-state index is 0.0316. The van der Waals surface area contributed by atoms with Gasteiger partial charge in [0.2, 0.25) is 0 Å². The molecule has 1 aromatic carbocycles. The van der Waals surface area contributed by atoms with Crippen molar-refractivity contribution >= 4 is 23.0 Å². The number of phenols is 1. The number of hydrogen-bond acceptors (Lipinski definition) is 2. The van der Waals surface area contributed by atoms with E-state index >= 15 is 0 Å². The molecule has 1 saturated heterocycles. The zero-order chi connectivity index (χ0) is 12.6. The molecule has 1 aliphatic rings. The first-order valence-electron chi connectivity index (χ1n) is 5.79. The Hall–Kier alpha value is -1.29. The number of thiocarbonyl (C=S) groups is 1. The minimum Gasteiger partial charge on any atom is -0.508 e. The van der Waals surface area contributed by atoms with E-state index in [-0.39, 0.29) is 11.3 Å². The predicted molar refractivity (Wildman–Crippen MR) is 74.5 cm³/mol. The van der Waals surface area contributed by atoms with E-state index in [1.807, 2.05) is 12.1 Å². The Labute approximate surface area is 107 Å². The minimum absolute atomic E-state index is 0.0316. The van der Waals surface area contributed by atoms with E-state index < -0.39 is 0 Å². The van der Waals surface area contributed by atoms with Crippen LogP contribution in [0.4, 0.5) is 5.69 Å². The Morgan fingerprint density at radius 1 is 1.47 bits per heavy atom. The fourth-order valence-corrected chi connectivity index (χ4v) is 3.01. The zero-order valence-electron chi connectivity index (χ0n) is 10.4. The van der Waals surface area contributed by atoms with E-state index in [2.05, 4.69) is 31.0 Å². The summed E-state index contributed by atoms with van der Waals surface area (Å²) in [5.41, 5.74) is 0.967. The van der Waals surface area contributed by atoms with Crippen LogP contribution in [-0.2, 0) is 0 Å². The summed E-state index contributed by atoms with van der Waals surface area (Å²) in [6, 6.07) is 7.52. The van der Waals surface area contributed by atoms with Crippen molar-refractivity contribution in [3.63, 3.8) is 0 Å². The van der Waals surface area contributed by atoms with E-state index in [0.717, 1.165) is 17.2 Å². The molecule has 1 fully saturated rings. The van der Waals surface area contributed by atoms with Crippen molar-refractivity contribution < 1.29 is 5.11 Å². The largest absolute Gasteiger partial charge is 0.508 e. The molecule has 0 amide bonds. The third-order valence-corrected chi connectivity index (χ3v) is 3.32. The molecule has 4 heteroatoms. The molecular weight excluding hydrogens is 232 g/mol. The van der Waals surface area contributed by atoms with E-state index in [1.165, 1.54) is 0 Å². The van der Waals surface area contributed by atoms with Gasteiger partial charge in [0.05, 0.1) is 0 Å². The smallest absolute Gasteiger partial charge is 0.174 e. The number of anilines is 1. The van der Waals surface area contributed by atoms with Gasteiger partial charge in [-0.25, -0.2) is 0 Å². The highest BCUT2D eigenvalue weighted by Crippen LogP contribution is 2.29. The third-order valence-electron chi connectivity index (χ3n) is 3.02. The lowest BCUT2D eigenvalue weighted by Crippen LogP contribution is -2.60. The normalized spacial score (nSPS) is 23.4. The summed E-state index contributed by atoms with van der Waals surface area (Å²) in [4.78, 5) is 2.06. The molecule has 1 heterocycles. The Bertz CT molecular complexity index is 445. The van der Waals surface area contributed by atoms with Crippen LogP contribution < -0.4 is 10.2 Å². The van der Waals surface area contributed by atoms with Crippen molar-refractivity contribution in [3.05, 3.63) is 24.3 Å². The topological polar surface area (TPSA) is 35.5 Å². The summed E-state index contributed by atoms with van der Waals surface area (Å²) < 4.78 is 0. The van der Waals surface area contributed by atoms with Gasteiger partial charge in [-0.2, -0.15) is 0 Å². The van der Waals surface area contributed by atoms with Crippen molar-refractivity contribution in [1.29, 1.82) is 0 Å². The van der Waals surface area contributed by atoms with Crippen molar-refractivity contribution in [3.8, 4) is 5.75 Å². The van der Waals surface area contributed by atoms with Crippen LogP contribution in [0.5, 0.6) is 5.75 Å². The second-order valence-electron chi connectivity index (χ2n) is 5.26. The first kappa shape index (κ1) is 12.2. The lowest BCUT2D eigenvalue weighted by Gasteiger charge is -2.44. The fourth-order valence-electron chi connectivity index (χ4n) is 2.45. The van der Waals surface area contributed by atoms with E-state index in [1.54, 1.807) is 12.1 Å². The molecular formula is C13H18N2OS. The average molecular weight is 250 g/mol.